The molecule has 0 aliphatic carbocycles. The third-order valence-corrected chi connectivity index (χ3v) is 4.10. The zero-order valence-corrected chi connectivity index (χ0v) is 13.8. The van der Waals surface area contributed by atoms with E-state index < -0.39 is 4.92 Å². The zero-order valence-electron chi connectivity index (χ0n) is 13.1. The standard InChI is InChI=1S/C15H16ClN5O3/c1-24-14-4-5-17-15(18-14)20-8-6-19(7-9-20)12-3-2-11(16)10-13(12)21(22)23/h2-5,10H,6-9H2,1H3. The summed E-state index contributed by atoms with van der Waals surface area (Å²) >= 11 is 5.87. The predicted molar refractivity (Wildman–Crippen MR) is 91.1 cm³/mol. The van der Waals surface area contributed by atoms with Gasteiger partial charge in [-0.1, -0.05) is 11.6 Å². The van der Waals surface area contributed by atoms with Crippen molar-refractivity contribution in [3.8, 4) is 5.88 Å². The molecule has 2 heterocycles. The first-order valence-electron chi connectivity index (χ1n) is 7.39. The maximum absolute atomic E-state index is 11.2. The number of hydrogen-bond donors (Lipinski definition) is 0. The van der Waals surface area contributed by atoms with Crippen molar-refractivity contribution in [1.29, 1.82) is 0 Å². The van der Waals surface area contributed by atoms with Crippen LogP contribution in [0, 0.1) is 10.1 Å². The Hall–Kier alpha value is -2.61. The summed E-state index contributed by atoms with van der Waals surface area (Å²) < 4.78 is 5.11. The fourth-order valence-electron chi connectivity index (χ4n) is 2.66. The van der Waals surface area contributed by atoms with E-state index in [1.165, 1.54) is 6.07 Å². The van der Waals surface area contributed by atoms with Gasteiger partial charge in [0.2, 0.25) is 11.8 Å². The number of ether oxygens (including phenoxy) is 1. The molecule has 1 fully saturated rings. The van der Waals surface area contributed by atoms with Crippen molar-refractivity contribution < 1.29 is 9.66 Å². The second-order valence-corrected chi connectivity index (χ2v) is 5.70. The Labute approximate surface area is 143 Å². The zero-order chi connectivity index (χ0) is 17.1. The number of benzene rings is 1. The Bertz CT molecular complexity index is 750. The van der Waals surface area contributed by atoms with Crippen molar-refractivity contribution in [2.24, 2.45) is 0 Å². The van der Waals surface area contributed by atoms with Crippen LogP contribution in [0.4, 0.5) is 17.3 Å². The number of methoxy groups -OCH3 is 1. The molecule has 24 heavy (non-hydrogen) atoms. The van der Waals surface area contributed by atoms with Gasteiger partial charge in [0.05, 0.1) is 12.0 Å². The van der Waals surface area contributed by atoms with Gasteiger partial charge < -0.3 is 14.5 Å². The molecule has 3 rings (SSSR count). The van der Waals surface area contributed by atoms with Crippen LogP contribution in [-0.4, -0.2) is 48.2 Å². The molecule has 0 saturated carbocycles. The van der Waals surface area contributed by atoms with Gasteiger partial charge >= 0.3 is 0 Å². The molecule has 8 nitrogen and oxygen atoms in total. The van der Waals surface area contributed by atoms with Crippen molar-refractivity contribution >= 4 is 28.9 Å². The number of nitro benzene ring substituents is 1. The largest absolute Gasteiger partial charge is 0.481 e. The molecule has 0 atom stereocenters. The van der Waals surface area contributed by atoms with Crippen LogP contribution in [-0.2, 0) is 0 Å². The number of nitrogens with zero attached hydrogens (tertiary/aromatic N) is 5. The second-order valence-electron chi connectivity index (χ2n) is 5.26. The molecule has 9 heteroatoms. The van der Waals surface area contributed by atoms with E-state index in [1.54, 1.807) is 31.5 Å². The summed E-state index contributed by atoms with van der Waals surface area (Å²) in [5.74, 6) is 1.11. The molecule has 0 radical (unpaired) electrons. The van der Waals surface area contributed by atoms with Crippen LogP contribution in [0.3, 0.4) is 0 Å². The molecule has 1 aromatic heterocycles. The maximum Gasteiger partial charge on any atom is 0.294 e. The van der Waals surface area contributed by atoms with Crippen LogP contribution >= 0.6 is 11.6 Å². The lowest BCUT2D eigenvalue weighted by atomic mass is 10.2. The van der Waals surface area contributed by atoms with Gasteiger partial charge in [-0.3, -0.25) is 10.1 Å². The predicted octanol–water partition coefficient (Wildman–Crippen LogP) is 2.37. The monoisotopic (exact) mass is 349 g/mol. The molecule has 2 aromatic rings. The maximum atomic E-state index is 11.2. The number of piperazine rings is 1. The lowest BCUT2D eigenvalue weighted by molar-refractivity contribution is -0.384. The number of nitro groups is 1. The average Bonchev–Trinajstić information content (AvgIpc) is 2.62. The Balaban J connectivity index is 1.74. The fourth-order valence-corrected chi connectivity index (χ4v) is 2.82. The number of anilines is 2. The number of rotatable bonds is 4. The minimum Gasteiger partial charge on any atom is -0.481 e. The summed E-state index contributed by atoms with van der Waals surface area (Å²) in [4.78, 5) is 23.4. The molecular formula is C15H16ClN5O3. The second kappa shape index (κ2) is 6.88. The molecule has 0 bridgehead atoms. The van der Waals surface area contributed by atoms with Gasteiger partial charge in [0.15, 0.2) is 0 Å². The summed E-state index contributed by atoms with van der Waals surface area (Å²) in [5, 5.41) is 11.6. The number of hydrogen-bond acceptors (Lipinski definition) is 7. The minimum absolute atomic E-state index is 0.0218. The number of halogens is 1. The van der Waals surface area contributed by atoms with E-state index in [9.17, 15) is 10.1 Å². The van der Waals surface area contributed by atoms with Gasteiger partial charge in [-0.15, -0.1) is 0 Å². The van der Waals surface area contributed by atoms with Crippen molar-refractivity contribution in [2.45, 2.75) is 0 Å². The molecule has 0 spiro atoms. The SMILES string of the molecule is COc1ccnc(N2CCN(c3ccc(Cl)cc3[N+](=O)[O-])CC2)n1. The van der Waals surface area contributed by atoms with E-state index in [-0.39, 0.29) is 5.69 Å². The third-order valence-electron chi connectivity index (χ3n) is 3.86. The normalized spacial score (nSPS) is 14.6. The van der Waals surface area contributed by atoms with Crippen LogP contribution in [0.1, 0.15) is 0 Å². The molecule has 1 aromatic carbocycles. The Kier molecular flexibility index (Phi) is 4.66. The Morgan fingerprint density at radius 3 is 2.58 bits per heavy atom. The first-order valence-corrected chi connectivity index (χ1v) is 7.77. The van der Waals surface area contributed by atoms with Gasteiger partial charge in [0.25, 0.3) is 5.69 Å². The van der Waals surface area contributed by atoms with Crippen LogP contribution in [0.15, 0.2) is 30.5 Å². The van der Waals surface area contributed by atoms with E-state index in [4.69, 9.17) is 16.3 Å². The van der Waals surface area contributed by atoms with Crippen LogP contribution in [0.25, 0.3) is 0 Å². The molecule has 1 aliphatic heterocycles. The highest BCUT2D eigenvalue weighted by atomic mass is 35.5. The van der Waals surface area contributed by atoms with Gasteiger partial charge in [-0.05, 0) is 12.1 Å². The van der Waals surface area contributed by atoms with Gasteiger partial charge in [-0.2, -0.15) is 4.98 Å². The summed E-state index contributed by atoms with van der Waals surface area (Å²) in [6, 6.07) is 6.44. The minimum atomic E-state index is -0.404. The van der Waals surface area contributed by atoms with Crippen molar-refractivity contribution in [3.63, 3.8) is 0 Å². The first kappa shape index (κ1) is 16.3. The van der Waals surface area contributed by atoms with Crippen molar-refractivity contribution in [1.82, 2.24) is 9.97 Å². The molecule has 0 unspecified atom stereocenters. The molecule has 126 valence electrons. The van der Waals surface area contributed by atoms with Gasteiger partial charge in [-0.25, -0.2) is 4.98 Å². The highest BCUT2D eigenvalue weighted by Crippen LogP contribution is 2.31. The highest BCUT2D eigenvalue weighted by Gasteiger charge is 2.25. The Morgan fingerprint density at radius 2 is 1.92 bits per heavy atom. The molecular weight excluding hydrogens is 334 g/mol. The van der Waals surface area contributed by atoms with Gasteiger partial charge in [0.1, 0.15) is 5.69 Å². The quantitative estimate of drug-likeness (QED) is 0.618. The summed E-state index contributed by atoms with van der Waals surface area (Å²) in [6.07, 6.45) is 1.65. The van der Waals surface area contributed by atoms with Crippen LogP contribution < -0.4 is 14.5 Å². The van der Waals surface area contributed by atoms with Gasteiger partial charge in [0, 0.05) is 49.5 Å². The van der Waals surface area contributed by atoms with E-state index in [1.807, 2.05) is 9.80 Å². The molecule has 0 amide bonds. The van der Waals surface area contributed by atoms with E-state index in [0.29, 0.717) is 48.7 Å². The lowest BCUT2D eigenvalue weighted by Crippen LogP contribution is -2.47. The fraction of sp³-hybridized carbons (Fsp3) is 0.333. The van der Waals surface area contributed by atoms with Crippen molar-refractivity contribution in [2.75, 3.05) is 43.1 Å². The number of aromatic nitrogens is 2. The Morgan fingerprint density at radius 1 is 1.21 bits per heavy atom. The summed E-state index contributed by atoms with van der Waals surface area (Å²) in [5.41, 5.74) is 0.601. The topological polar surface area (TPSA) is 84.6 Å². The lowest BCUT2D eigenvalue weighted by Gasteiger charge is -2.35. The smallest absolute Gasteiger partial charge is 0.294 e. The van der Waals surface area contributed by atoms with E-state index in [0.717, 1.165) is 0 Å². The first-order chi connectivity index (χ1) is 11.6. The highest BCUT2D eigenvalue weighted by molar-refractivity contribution is 6.30. The van der Waals surface area contributed by atoms with Crippen LogP contribution in [0.5, 0.6) is 5.88 Å². The molecule has 1 aliphatic rings. The third kappa shape index (κ3) is 3.33. The average molecular weight is 350 g/mol. The van der Waals surface area contributed by atoms with E-state index in [2.05, 4.69) is 9.97 Å². The molecule has 0 N–H and O–H groups in total. The summed E-state index contributed by atoms with van der Waals surface area (Å²) in [6.45, 7) is 2.58. The van der Waals surface area contributed by atoms with Crippen molar-refractivity contribution in [3.05, 3.63) is 45.6 Å². The molecule has 1 saturated heterocycles. The van der Waals surface area contributed by atoms with Crippen LogP contribution in [0.2, 0.25) is 5.02 Å². The summed E-state index contributed by atoms with van der Waals surface area (Å²) in [7, 11) is 1.56. The van der Waals surface area contributed by atoms with E-state index >= 15 is 0 Å².